The first kappa shape index (κ1) is 18.3. The Morgan fingerprint density at radius 3 is 2.30 bits per heavy atom. The smallest absolute Gasteiger partial charge is 0.347 e. The van der Waals surface area contributed by atoms with E-state index in [1.807, 2.05) is 30.3 Å². The van der Waals surface area contributed by atoms with Crippen molar-refractivity contribution in [2.45, 2.75) is 6.54 Å². The zero-order valence-corrected chi connectivity index (χ0v) is 15.0. The molecule has 0 aromatic heterocycles. The van der Waals surface area contributed by atoms with Crippen LogP contribution >= 0.6 is 0 Å². The summed E-state index contributed by atoms with van der Waals surface area (Å²) < 4.78 is 0. The first-order chi connectivity index (χ1) is 12.9. The number of carbonyl (C=O) groups excluding carboxylic acids is 1. The molecule has 7 heteroatoms. The molecule has 0 fully saturated rings. The van der Waals surface area contributed by atoms with Gasteiger partial charge in [-0.3, -0.25) is 14.5 Å². The largest absolute Gasteiger partial charge is 0.505 e. The molecule has 0 aliphatic heterocycles. The van der Waals surface area contributed by atoms with Crippen LogP contribution in [0.5, 0.6) is 5.75 Å². The van der Waals surface area contributed by atoms with Crippen molar-refractivity contribution < 1.29 is 14.8 Å². The Bertz CT molecular complexity index is 1050. The molecule has 0 aliphatic rings. The molecule has 4 N–H and O–H groups in total. The van der Waals surface area contributed by atoms with Crippen molar-refractivity contribution in [3.63, 3.8) is 0 Å². The maximum atomic E-state index is 12.2. The lowest BCUT2D eigenvalue weighted by Crippen LogP contribution is -3.08. The number of aromatic hydroxyl groups is 1. The molecule has 0 bridgehead atoms. The molecule has 1 amide bonds. The number of hydrogen-bond acceptors (Lipinski definition) is 6. The van der Waals surface area contributed by atoms with E-state index in [9.17, 15) is 19.5 Å². The number of benzene rings is 2. The molecule has 0 saturated heterocycles. The second-order valence-electron chi connectivity index (χ2n) is 6.40. The van der Waals surface area contributed by atoms with Gasteiger partial charge in [0.1, 0.15) is 16.9 Å². The van der Waals surface area contributed by atoms with Gasteiger partial charge in [-0.15, -0.1) is 0 Å². The summed E-state index contributed by atoms with van der Waals surface area (Å²) in [5.74, 6) is -0.547. The van der Waals surface area contributed by atoms with Crippen molar-refractivity contribution in [3.05, 3.63) is 80.1 Å². The molecule has 27 heavy (non-hydrogen) atoms. The van der Waals surface area contributed by atoms with Gasteiger partial charge in [-0.25, -0.2) is 4.79 Å². The average Bonchev–Trinajstić information content (AvgIpc) is 2.68. The highest BCUT2D eigenvalue weighted by molar-refractivity contribution is 5.94. The van der Waals surface area contributed by atoms with Crippen LogP contribution in [0.1, 0.15) is 15.9 Å². The van der Waals surface area contributed by atoms with Crippen LogP contribution in [-0.4, -0.2) is 25.1 Å². The van der Waals surface area contributed by atoms with Gasteiger partial charge in [0.15, 0.2) is 5.75 Å². The number of quaternary nitrogens is 1. The fourth-order valence-electron chi connectivity index (χ4n) is 2.70. The predicted molar refractivity (Wildman–Crippen MR) is 104 cm³/mol. The molecular weight excluding hydrogens is 346 g/mol. The lowest BCUT2D eigenvalue weighted by atomic mass is 10.1. The third kappa shape index (κ3) is 3.58. The first-order valence-electron chi connectivity index (χ1n) is 8.45. The third-order valence-corrected chi connectivity index (χ3v) is 4.22. The molecule has 0 spiro atoms. The quantitative estimate of drug-likeness (QED) is 0.377. The van der Waals surface area contributed by atoms with E-state index in [1.54, 1.807) is 20.2 Å². The highest BCUT2D eigenvalue weighted by Crippen LogP contribution is 2.31. The number of carbonyl (C=O) groups is 1. The van der Waals surface area contributed by atoms with E-state index in [4.69, 9.17) is 0 Å². The second kappa shape index (κ2) is 7.43. The fraction of sp³-hybridized carbons (Fsp3) is 0.150. The molecule has 3 rings (SSSR count). The van der Waals surface area contributed by atoms with Gasteiger partial charge < -0.3 is 15.7 Å². The Morgan fingerprint density at radius 1 is 0.963 bits per heavy atom. The van der Waals surface area contributed by atoms with Crippen LogP contribution in [0.4, 0.5) is 17.1 Å². The van der Waals surface area contributed by atoms with E-state index in [2.05, 4.69) is 10.6 Å². The Morgan fingerprint density at radius 2 is 1.63 bits per heavy atom. The topological polar surface area (TPSA) is 99.9 Å². The molecule has 3 aromatic rings. The van der Waals surface area contributed by atoms with Crippen LogP contribution in [0.3, 0.4) is 0 Å². The van der Waals surface area contributed by atoms with Gasteiger partial charge in [0.2, 0.25) is 0 Å². The monoisotopic (exact) mass is 366 g/mol. The summed E-state index contributed by atoms with van der Waals surface area (Å²) >= 11 is 0. The number of phenolic OH excluding ortho intramolecular Hbond substituents is 1. The van der Waals surface area contributed by atoms with Gasteiger partial charge in [0.05, 0.1) is 19.8 Å². The summed E-state index contributed by atoms with van der Waals surface area (Å²) in [4.78, 5) is 36.6. The van der Waals surface area contributed by atoms with Crippen molar-refractivity contribution in [3.8, 4) is 5.75 Å². The van der Waals surface area contributed by atoms with Crippen molar-refractivity contribution in [2.75, 3.05) is 24.7 Å². The normalized spacial score (nSPS) is 10.9. The summed E-state index contributed by atoms with van der Waals surface area (Å²) in [6.45, 7) is 0.384. The Labute approximate surface area is 155 Å². The van der Waals surface area contributed by atoms with E-state index >= 15 is 0 Å². The first-order valence-corrected chi connectivity index (χ1v) is 8.45. The van der Waals surface area contributed by atoms with Crippen molar-refractivity contribution >= 4 is 23.0 Å². The predicted octanol–water partition coefficient (Wildman–Crippen LogP) is 0.629. The minimum Gasteiger partial charge on any atom is -0.505 e. The lowest BCUT2D eigenvalue weighted by Gasteiger charge is -2.16. The standard InChI is InChI=1S/C20H19N3O4/c1-23(2)20(27)13-9-6-10-14(17(13)24)22-16-15(18(25)19(16)26)21-11-12-7-4-3-5-8-12/h3-10,21-22,24H,11H2,1-2H3/p+1. The van der Waals surface area contributed by atoms with Crippen LogP contribution in [-0.2, 0) is 6.54 Å². The molecule has 3 aromatic carbocycles. The SMILES string of the molecule is C[NH+](C)C(=O)c1cccc(Nc2c(NCc3ccccc3)c(=O)c2=O)c1O. The minimum atomic E-state index is -0.667. The van der Waals surface area contributed by atoms with E-state index in [1.165, 1.54) is 12.1 Å². The van der Waals surface area contributed by atoms with Crippen LogP contribution in [0.2, 0.25) is 0 Å². The summed E-state index contributed by atoms with van der Waals surface area (Å²) in [6.07, 6.45) is 0. The highest BCUT2D eigenvalue weighted by atomic mass is 16.3. The van der Waals surface area contributed by atoms with Crippen molar-refractivity contribution in [1.82, 2.24) is 0 Å². The molecule has 0 saturated carbocycles. The second-order valence-corrected chi connectivity index (χ2v) is 6.40. The zero-order chi connectivity index (χ0) is 19.6. The number of phenols is 1. The van der Waals surface area contributed by atoms with E-state index in [-0.39, 0.29) is 34.3 Å². The molecule has 0 unspecified atom stereocenters. The van der Waals surface area contributed by atoms with Gasteiger partial charge in [-0.2, -0.15) is 0 Å². The third-order valence-electron chi connectivity index (χ3n) is 4.22. The van der Waals surface area contributed by atoms with Crippen molar-refractivity contribution in [1.29, 1.82) is 0 Å². The molecule has 0 atom stereocenters. The van der Waals surface area contributed by atoms with E-state index in [0.717, 1.165) is 5.56 Å². The van der Waals surface area contributed by atoms with Crippen LogP contribution in [0.15, 0.2) is 58.1 Å². The van der Waals surface area contributed by atoms with E-state index in [0.29, 0.717) is 11.4 Å². The summed E-state index contributed by atoms with van der Waals surface area (Å²) in [7, 11) is 3.31. The number of para-hydroxylation sites is 1. The average molecular weight is 366 g/mol. The molecule has 0 heterocycles. The van der Waals surface area contributed by atoms with Gasteiger partial charge in [0, 0.05) is 6.54 Å². The van der Waals surface area contributed by atoms with Crippen LogP contribution < -0.4 is 26.4 Å². The highest BCUT2D eigenvalue weighted by Gasteiger charge is 2.24. The summed E-state index contributed by atoms with van der Waals surface area (Å²) in [6, 6.07) is 14.1. The molecule has 7 nitrogen and oxygen atoms in total. The summed E-state index contributed by atoms with van der Waals surface area (Å²) in [5, 5.41) is 16.1. The molecular formula is C20H20N3O4+. The number of nitrogens with one attached hydrogen (secondary N) is 3. The van der Waals surface area contributed by atoms with Gasteiger partial charge in [-0.05, 0) is 17.7 Å². The number of amides is 1. The fourth-order valence-corrected chi connectivity index (χ4v) is 2.70. The Balaban J connectivity index is 1.84. The Kier molecular flexibility index (Phi) is 5.05. The van der Waals surface area contributed by atoms with E-state index < -0.39 is 10.9 Å². The maximum absolute atomic E-state index is 12.2. The Hall–Kier alpha value is -3.45. The number of rotatable bonds is 6. The van der Waals surface area contributed by atoms with Gasteiger partial charge >= 0.3 is 5.91 Å². The van der Waals surface area contributed by atoms with Gasteiger partial charge in [-0.1, -0.05) is 36.4 Å². The van der Waals surface area contributed by atoms with Crippen molar-refractivity contribution in [2.24, 2.45) is 0 Å². The van der Waals surface area contributed by atoms with Crippen LogP contribution in [0, 0.1) is 0 Å². The molecule has 0 aliphatic carbocycles. The van der Waals surface area contributed by atoms with Crippen LogP contribution in [0.25, 0.3) is 0 Å². The zero-order valence-electron chi connectivity index (χ0n) is 15.0. The molecule has 138 valence electrons. The number of hydrogen-bond donors (Lipinski definition) is 4. The lowest BCUT2D eigenvalue weighted by molar-refractivity contribution is -0.767. The summed E-state index contributed by atoms with van der Waals surface area (Å²) in [5.41, 5.74) is 0.249. The maximum Gasteiger partial charge on any atom is 0.347 e. The number of anilines is 3. The minimum absolute atomic E-state index is 0.0769. The van der Waals surface area contributed by atoms with Gasteiger partial charge in [0.25, 0.3) is 10.9 Å². The molecule has 0 radical (unpaired) electrons.